The Bertz CT molecular complexity index is 204. The molecule has 0 aliphatic heterocycles. The van der Waals surface area contributed by atoms with Crippen LogP contribution in [0.3, 0.4) is 0 Å². The summed E-state index contributed by atoms with van der Waals surface area (Å²) in [6.07, 6.45) is 7.17. The van der Waals surface area contributed by atoms with Crippen LogP contribution in [0.15, 0.2) is 12.4 Å². The summed E-state index contributed by atoms with van der Waals surface area (Å²) in [4.78, 5) is 7.28. The highest BCUT2D eigenvalue weighted by molar-refractivity contribution is 4.86. The van der Waals surface area contributed by atoms with Crippen LogP contribution in [-0.4, -0.2) is 22.6 Å². The number of aryl methyl sites for hydroxylation is 1. The summed E-state index contributed by atoms with van der Waals surface area (Å²) in [5.74, 6) is 1.10. The van der Waals surface area contributed by atoms with Gasteiger partial charge in [0.05, 0.1) is 0 Å². The SMILES string of the molecule is CC(C)NCCCCc1ncc[nH]1. The minimum absolute atomic E-state index is 0.601. The molecule has 1 aromatic rings. The molecule has 0 saturated heterocycles. The number of rotatable bonds is 6. The number of unbranched alkanes of at least 4 members (excludes halogenated alkanes) is 1. The molecule has 74 valence electrons. The summed E-state index contributed by atoms with van der Waals surface area (Å²) >= 11 is 0. The highest BCUT2D eigenvalue weighted by atomic mass is 14.9. The number of imidazole rings is 1. The van der Waals surface area contributed by atoms with E-state index in [4.69, 9.17) is 0 Å². The summed E-state index contributed by atoms with van der Waals surface area (Å²) < 4.78 is 0. The zero-order chi connectivity index (χ0) is 9.52. The molecule has 0 unspecified atom stereocenters. The fourth-order valence-corrected chi connectivity index (χ4v) is 1.24. The topological polar surface area (TPSA) is 40.7 Å². The van der Waals surface area contributed by atoms with Gasteiger partial charge in [0, 0.05) is 24.9 Å². The molecule has 0 fully saturated rings. The third-order valence-corrected chi connectivity index (χ3v) is 1.95. The molecule has 13 heavy (non-hydrogen) atoms. The fourth-order valence-electron chi connectivity index (χ4n) is 1.24. The van der Waals surface area contributed by atoms with Gasteiger partial charge in [0.25, 0.3) is 0 Å². The number of H-pyrrole nitrogens is 1. The molecule has 3 heteroatoms. The number of nitrogens with one attached hydrogen (secondary N) is 2. The minimum atomic E-state index is 0.601. The van der Waals surface area contributed by atoms with E-state index in [1.165, 1.54) is 12.8 Å². The van der Waals surface area contributed by atoms with E-state index in [0.717, 1.165) is 18.8 Å². The maximum atomic E-state index is 4.17. The van der Waals surface area contributed by atoms with E-state index < -0.39 is 0 Å². The molecule has 0 amide bonds. The molecule has 1 heterocycles. The largest absolute Gasteiger partial charge is 0.349 e. The first-order chi connectivity index (χ1) is 6.29. The molecule has 2 N–H and O–H groups in total. The van der Waals surface area contributed by atoms with Crippen molar-refractivity contribution in [3.8, 4) is 0 Å². The average molecular weight is 181 g/mol. The Morgan fingerprint density at radius 2 is 2.31 bits per heavy atom. The van der Waals surface area contributed by atoms with Crippen molar-refractivity contribution in [1.29, 1.82) is 0 Å². The van der Waals surface area contributed by atoms with E-state index in [0.29, 0.717) is 6.04 Å². The van der Waals surface area contributed by atoms with Gasteiger partial charge in [0.15, 0.2) is 0 Å². The van der Waals surface area contributed by atoms with Gasteiger partial charge >= 0.3 is 0 Å². The predicted molar refractivity (Wildman–Crippen MR) is 54.7 cm³/mol. The van der Waals surface area contributed by atoms with Gasteiger partial charge in [0.2, 0.25) is 0 Å². The van der Waals surface area contributed by atoms with Crippen LogP contribution < -0.4 is 5.32 Å². The lowest BCUT2D eigenvalue weighted by atomic mass is 10.2. The van der Waals surface area contributed by atoms with Crippen LogP contribution in [0.5, 0.6) is 0 Å². The van der Waals surface area contributed by atoms with E-state index in [9.17, 15) is 0 Å². The predicted octanol–water partition coefficient (Wildman–Crippen LogP) is 1.73. The van der Waals surface area contributed by atoms with Crippen molar-refractivity contribution in [2.75, 3.05) is 6.54 Å². The Balaban J connectivity index is 1.96. The second-order valence-electron chi connectivity index (χ2n) is 3.60. The van der Waals surface area contributed by atoms with Gasteiger partial charge in [-0.2, -0.15) is 0 Å². The van der Waals surface area contributed by atoms with E-state index in [-0.39, 0.29) is 0 Å². The fraction of sp³-hybridized carbons (Fsp3) is 0.700. The Morgan fingerprint density at radius 3 is 2.92 bits per heavy atom. The van der Waals surface area contributed by atoms with Crippen LogP contribution in [0.2, 0.25) is 0 Å². The number of aromatic amines is 1. The number of aromatic nitrogens is 2. The summed E-state index contributed by atoms with van der Waals surface area (Å²) in [7, 11) is 0. The van der Waals surface area contributed by atoms with Gasteiger partial charge < -0.3 is 10.3 Å². The van der Waals surface area contributed by atoms with Gasteiger partial charge in [-0.05, 0) is 19.4 Å². The molecular weight excluding hydrogens is 162 g/mol. The standard InChI is InChI=1S/C10H19N3/c1-9(2)11-6-4-3-5-10-12-7-8-13-10/h7-9,11H,3-6H2,1-2H3,(H,12,13). The number of hydrogen-bond acceptors (Lipinski definition) is 2. The monoisotopic (exact) mass is 181 g/mol. The smallest absolute Gasteiger partial charge is 0.105 e. The Labute approximate surface area is 80.0 Å². The van der Waals surface area contributed by atoms with E-state index in [2.05, 4.69) is 29.1 Å². The first-order valence-electron chi connectivity index (χ1n) is 5.00. The summed E-state index contributed by atoms with van der Waals surface area (Å²) in [5.41, 5.74) is 0. The Hall–Kier alpha value is -0.830. The molecule has 0 spiro atoms. The third-order valence-electron chi connectivity index (χ3n) is 1.95. The molecule has 0 saturated carbocycles. The van der Waals surface area contributed by atoms with Gasteiger partial charge in [-0.25, -0.2) is 4.98 Å². The van der Waals surface area contributed by atoms with Crippen LogP contribution in [-0.2, 0) is 6.42 Å². The van der Waals surface area contributed by atoms with Crippen LogP contribution in [0, 0.1) is 0 Å². The third kappa shape index (κ3) is 4.68. The van der Waals surface area contributed by atoms with E-state index in [1.54, 1.807) is 0 Å². The van der Waals surface area contributed by atoms with Crippen LogP contribution in [0.4, 0.5) is 0 Å². The summed E-state index contributed by atoms with van der Waals surface area (Å²) in [6.45, 7) is 5.46. The molecule has 1 rings (SSSR count). The lowest BCUT2D eigenvalue weighted by molar-refractivity contribution is 0.555. The molecule has 3 nitrogen and oxygen atoms in total. The van der Waals surface area contributed by atoms with Crippen molar-refractivity contribution < 1.29 is 0 Å². The zero-order valence-electron chi connectivity index (χ0n) is 8.51. The average Bonchev–Trinajstić information content (AvgIpc) is 2.55. The van der Waals surface area contributed by atoms with Crippen molar-refractivity contribution >= 4 is 0 Å². The molecule has 0 bridgehead atoms. The molecule has 1 aromatic heterocycles. The first-order valence-corrected chi connectivity index (χ1v) is 5.00. The molecule has 0 aliphatic carbocycles. The van der Waals surface area contributed by atoms with Crippen molar-refractivity contribution in [3.63, 3.8) is 0 Å². The van der Waals surface area contributed by atoms with E-state index >= 15 is 0 Å². The second-order valence-corrected chi connectivity index (χ2v) is 3.60. The van der Waals surface area contributed by atoms with Crippen LogP contribution in [0.1, 0.15) is 32.5 Å². The highest BCUT2D eigenvalue weighted by Crippen LogP contribution is 1.97. The van der Waals surface area contributed by atoms with Crippen molar-refractivity contribution in [3.05, 3.63) is 18.2 Å². The summed E-state index contributed by atoms with van der Waals surface area (Å²) in [5, 5.41) is 3.39. The lowest BCUT2D eigenvalue weighted by Crippen LogP contribution is -2.23. The quantitative estimate of drug-likeness (QED) is 0.656. The van der Waals surface area contributed by atoms with Gasteiger partial charge in [-0.3, -0.25) is 0 Å². The Morgan fingerprint density at radius 1 is 1.46 bits per heavy atom. The van der Waals surface area contributed by atoms with Gasteiger partial charge in [-0.1, -0.05) is 13.8 Å². The second kappa shape index (κ2) is 5.75. The molecule has 0 radical (unpaired) electrons. The maximum absolute atomic E-state index is 4.17. The normalized spacial score (nSPS) is 11.0. The Kier molecular flexibility index (Phi) is 4.54. The number of hydrogen-bond donors (Lipinski definition) is 2. The molecule has 0 atom stereocenters. The minimum Gasteiger partial charge on any atom is -0.349 e. The molecular formula is C10H19N3. The molecule has 0 aromatic carbocycles. The van der Waals surface area contributed by atoms with Crippen molar-refractivity contribution in [2.45, 2.75) is 39.2 Å². The van der Waals surface area contributed by atoms with Crippen LogP contribution in [0.25, 0.3) is 0 Å². The molecule has 0 aliphatic rings. The maximum Gasteiger partial charge on any atom is 0.105 e. The highest BCUT2D eigenvalue weighted by Gasteiger charge is 1.95. The first kappa shape index (κ1) is 10.3. The van der Waals surface area contributed by atoms with Crippen molar-refractivity contribution in [1.82, 2.24) is 15.3 Å². The summed E-state index contributed by atoms with van der Waals surface area (Å²) in [6, 6.07) is 0.601. The number of nitrogens with zero attached hydrogens (tertiary/aromatic N) is 1. The van der Waals surface area contributed by atoms with Crippen molar-refractivity contribution in [2.24, 2.45) is 0 Å². The van der Waals surface area contributed by atoms with Crippen LogP contribution >= 0.6 is 0 Å². The lowest BCUT2D eigenvalue weighted by Gasteiger charge is -2.06. The van der Waals surface area contributed by atoms with Gasteiger partial charge in [0.1, 0.15) is 5.82 Å². The van der Waals surface area contributed by atoms with Gasteiger partial charge in [-0.15, -0.1) is 0 Å². The van der Waals surface area contributed by atoms with E-state index in [1.807, 2.05) is 12.4 Å². The zero-order valence-corrected chi connectivity index (χ0v) is 8.51.